The monoisotopic (exact) mass is 312 g/mol. The summed E-state index contributed by atoms with van der Waals surface area (Å²) in [5.74, 6) is 2.67. The molecule has 0 radical (unpaired) electrons. The molecule has 0 spiro atoms. The van der Waals surface area contributed by atoms with Crippen molar-refractivity contribution in [3.05, 3.63) is 42.0 Å². The van der Waals surface area contributed by atoms with Crippen molar-refractivity contribution in [2.24, 2.45) is 17.8 Å². The second-order valence-electron chi connectivity index (χ2n) is 6.19. The third-order valence-corrected chi connectivity index (χ3v) is 4.82. The van der Waals surface area contributed by atoms with Crippen LogP contribution in [0.3, 0.4) is 0 Å². The minimum Gasteiger partial charge on any atom is -0.381 e. The summed E-state index contributed by atoms with van der Waals surface area (Å²) in [6.07, 6.45) is 0.722. The fraction of sp³-hybridized carbons (Fsp3) is 0.471. The largest absolute Gasteiger partial charge is 0.381 e. The predicted molar refractivity (Wildman–Crippen MR) is 84.4 cm³/mol. The lowest BCUT2D eigenvalue weighted by Crippen LogP contribution is -2.28. The van der Waals surface area contributed by atoms with Crippen molar-refractivity contribution in [1.29, 1.82) is 0 Å². The molecule has 23 heavy (non-hydrogen) atoms. The number of aromatic nitrogens is 3. The Labute approximate surface area is 134 Å². The van der Waals surface area contributed by atoms with E-state index in [4.69, 9.17) is 4.74 Å². The normalized spacial score (nSPS) is 25.2. The van der Waals surface area contributed by atoms with Crippen LogP contribution in [0.25, 0.3) is 5.69 Å². The zero-order valence-corrected chi connectivity index (χ0v) is 13.1. The molecule has 2 fully saturated rings. The van der Waals surface area contributed by atoms with Crippen LogP contribution in [-0.2, 0) is 11.2 Å². The summed E-state index contributed by atoms with van der Waals surface area (Å²) in [6.45, 7) is 4.38. The summed E-state index contributed by atoms with van der Waals surface area (Å²) in [7, 11) is 0. The molecular formula is C17H20N4O2. The van der Waals surface area contributed by atoms with Crippen LogP contribution in [0.5, 0.6) is 0 Å². The van der Waals surface area contributed by atoms with Gasteiger partial charge in [0.05, 0.1) is 18.9 Å². The van der Waals surface area contributed by atoms with Gasteiger partial charge in [-0.3, -0.25) is 4.79 Å². The molecule has 0 bridgehead atoms. The Bertz CT molecular complexity index is 703. The van der Waals surface area contributed by atoms with Gasteiger partial charge in [-0.25, -0.2) is 9.67 Å². The number of ether oxygens (including phenoxy) is 1. The first-order chi connectivity index (χ1) is 11.3. The molecule has 2 heterocycles. The van der Waals surface area contributed by atoms with Crippen molar-refractivity contribution < 1.29 is 9.53 Å². The van der Waals surface area contributed by atoms with E-state index < -0.39 is 0 Å². The average Bonchev–Trinajstić information content (AvgIpc) is 2.99. The number of carbonyl (C=O) groups excluding carboxylic acids is 1. The highest BCUT2D eigenvalue weighted by Crippen LogP contribution is 2.50. The Kier molecular flexibility index (Phi) is 3.61. The Morgan fingerprint density at radius 2 is 2.04 bits per heavy atom. The predicted octanol–water partition coefficient (Wildman–Crippen LogP) is 1.45. The van der Waals surface area contributed by atoms with E-state index in [2.05, 4.69) is 15.4 Å². The Balaban J connectivity index is 1.46. The van der Waals surface area contributed by atoms with Gasteiger partial charge in [-0.1, -0.05) is 25.1 Å². The summed E-state index contributed by atoms with van der Waals surface area (Å²) >= 11 is 0. The van der Waals surface area contributed by atoms with Crippen molar-refractivity contribution in [3.8, 4) is 5.69 Å². The number of amides is 1. The highest BCUT2D eigenvalue weighted by atomic mass is 16.5. The van der Waals surface area contributed by atoms with Gasteiger partial charge in [0, 0.05) is 13.0 Å². The van der Waals surface area contributed by atoms with E-state index in [9.17, 15) is 4.79 Å². The number of benzene rings is 1. The Morgan fingerprint density at radius 3 is 2.74 bits per heavy atom. The van der Waals surface area contributed by atoms with Gasteiger partial charge in [0.1, 0.15) is 5.82 Å². The second kappa shape index (κ2) is 5.77. The standard InChI is InChI=1S/C17H20N4O2/c1-2-15-19-16(20-21(15)11-6-4-3-5-7-11)17(22)18-8-12-13-9-23-10-14(12)13/h3-7,12-14H,2,8-10H2,1H3,(H,18,22). The van der Waals surface area contributed by atoms with Crippen LogP contribution in [0, 0.1) is 17.8 Å². The molecule has 120 valence electrons. The molecule has 1 amide bonds. The summed E-state index contributed by atoms with van der Waals surface area (Å²) < 4.78 is 7.11. The molecule has 1 saturated carbocycles. The molecule has 2 unspecified atom stereocenters. The number of nitrogens with one attached hydrogen (secondary N) is 1. The molecular weight excluding hydrogens is 292 g/mol. The molecule has 6 nitrogen and oxygen atoms in total. The lowest BCUT2D eigenvalue weighted by Gasteiger charge is -2.05. The first kappa shape index (κ1) is 14.4. The minimum absolute atomic E-state index is 0.194. The van der Waals surface area contributed by atoms with Crippen molar-refractivity contribution in [1.82, 2.24) is 20.1 Å². The van der Waals surface area contributed by atoms with Crippen molar-refractivity contribution >= 4 is 5.91 Å². The van der Waals surface area contributed by atoms with E-state index >= 15 is 0 Å². The first-order valence-electron chi connectivity index (χ1n) is 8.15. The summed E-state index contributed by atoms with van der Waals surface area (Å²) in [4.78, 5) is 16.7. The number of hydrogen-bond acceptors (Lipinski definition) is 4. The van der Waals surface area contributed by atoms with Crippen LogP contribution in [0.1, 0.15) is 23.4 Å². The maximum atomic E-state index is 12.3. The van der Waals surface area contributed by atoms with E-state index in [-0.39, 0.29) is 11.7 Å². The number of fused-ring (bicyclic) bond motifs is 1. The smallest absolute Gasteiger partial charge is 0.290 e. The van der Waals surface area contributed by atoms with Gasteiger partial charge in [-0.2, -0.15) is 0 Å². The highest BCUT2D eigenvalue weighted by Gasteiger charge is 2.53. The van der Waals surface area contributed by atoms with Crippen LogP contribution < -0.4 is 5.32 Å². The van der Waals surface area contributed by atoms with Crippen molar-refractivity contribution in [3.63, 3.8) is 0 Å². The van der Waals surface area contributed by atoms with Gasteiger partial charge in [0.25, 0.3) is 5.91 Å². The van der Waals surface area contributed by atoms with Crippen LogP contribution in [0.4, 0.5) is 0 Å². The van der Waals surface area contributed by atoms with E-state index in [1.807, 2.05) is 37.3 Å². The van der Waals surface area contributed by atoms with Crippen molar-refractivity contribution in [2.75, 3.05) is 19.8 Å². The van der Waals surface area contributed by atoms with Gasteiger partial charge in [-0.15, -0.1) is 5.10 Å². The van der Waals surface area contributed by atoms with E-state index in [0.29, 0.717) is 24.3 Å². The molecule has 1 aliphatic heterocycles. The maximum Gasteiger partial charge on any atom is 0.290 e. The molecule has 1 saturated heterocycles. The second-order valence-corrected chi connectivity index (χ2v) is 6.19. The maximum absolute atomic E-state index is 12.3. The molecule has 1 N–H and O–H groups in total. The van der Waals surface area contributed by atoms with Gasteiger partial charge in [0.15, 0.2) is 0 Å². The molecule has 4 rings (SSSR count). The number of nitrogens with zero attached hydrogens (tertiary/aromatic N) is 3. The molecule has 2 atom stereocenters. The quantitative estimate of drug-likeness (QED) is 0.907. The zero-order chi connectivity index (χ0) is 15.8. The molecule has 2 aromatic rings. The van der Waals surface area contributed by atoms with Gasteiger partial charge < -0.3 is 10.1 Å². The van der Waals surface area contributed by atoms with Gasteiger partial charge in [-0.05, 0) is 29.9 Å². The highest BCUT2D eigenvalue weighted by molar-refractivity contribution is 5.90. The number of carbonyl (C=O) groups is 1. The third-order valence-electron chi connectivity index (χ3n) is 4.82. The Hall–Kier alpha value is -2.21. The van der Waals surface area contributed by atoms with Crippen molar-refractivity contribution in [2.45, 2.75) is 13.3 Å². The van der Waals surface area contributed by atoms with Gasteiger partial charge >= 0.3 is 0 Å². The van der Waals surface area contributed by atoms with E-state index in [0.717, 1.165) is 31.1 Å². The number of rotatable bonds is 5. The van der Waals surface area contributed by atoms with Crippen LogP contribution in [-0.4, -0.2) is 40.4 Å². The fourth-order valence-corrected chi connectivity index (χ4v) is 3.40. The molecule has 2 aliphatic rings. The number of aryl methyl sites for hydroxylation is 1. The fourth-order valence-electron chi connectivity index (χ4n) is 3.40. The molecule has 1 aliphatic carbocycles. The number of para-hydroxylation sites is 1. The van der Waals surface area contributed by atoms with Crippen LogP contribution in [0.2, 0.25) is 0 Å². The zero-order valence-electron chi connectivity index (χ0n) is 13.1. The molecule has 6 heteroatoms. The number of hydrogen-bond donors (Lipinski definition) is 1. The summed E-state index contributed by atoms with van der Waals surface area (Å²) in [5.41, 5.74) is 0.921. The Morgan fingerprint density at radius 1 is 1.30 bits per heavy atom. The minimum atomic E-state index is -0.194. The molecule has 1 aromatic heterocycles. The third kappa shape index (κ3) is 2.63. The topological polar surface area (TPSA) is 69.0 Å². The van der Waals surface area contributed by atoms with E-state index in [1.54, 1.807) is 4.68 Å². The van der Waals surface area contributed by atoms with E-state index in [1.165, 1.54) is 0 Å². The lowest BCUT2D eigenvalue weighted by molar-refractivity contribution is 0.0933. The molecule has 1 aromatic carbocycles. The van der Waals surface area contributed by atoms with Crippen LogP contribution in [0.15, 0.2) is 30.3 Å². The lowest BCUT2D eigenvalue weighted by atomic mass is 10.3. The van der Waals surface area contributed by atoms with Gasteiger partial charge in [0.2, 0.25) is 5.82 Å². The SMILES string of the molecule is CCc1nc(C(=O)NCC2C3COCC23)nn1-c1ccccc1. The summed E-state index contributed by atoms with van der Waals surface area (Å²) in [5, 5.41) is 7.36. The first-order valence-corrected chi connectivity index (χ1v) is 8.15. The van der Waals surface area contributed by atoms with Crippen LogP contribution >= 0.6 is 0 Å². The summed E-state index contributed by atoms with van der Waals surface area (Å²) in [6, 6.07) is 9.77. The average molecular weight is 312 g/mol.